The molecule has 1 nitrogen and oxygen atoms in total. The maximum absolute atomic E-state index is 6.12. The second-order valence-corrected chi connectivity index (χ2v) is 5.36. The Morgan fingerprint density at radius 1 is 1.38 bits per heavy atom. The van der Waals surface area contributed by atoms with Crippen LogP contribution in [0.4, 0.5) is 5.69 Å². The van der Waals surface area contributed by atoms with Crippen LogP contribution >= 0.6 is 11.6 Å². The average molecular weight is 234 g/mol. The minimum Gasteiger partial charge on any atom is -0.382 e. The van der Waals surface area contributed by atoms with Gasteiger partial charge in [0, 0.05) is 22.7 Å². The molecular formula is C14H16ClN. The van der Waals surface area contributed by atoms with Crippen LogP contribution in [-0.4, -0.2) is 6.04 Å². The lowest BCUT2D eigenvalue weighted by atomic mass is 9.71. The van der Waals surface area contributed by atoms with Crippen LogP contribution in [0.1, 0.15) is 18.4 Å². The minimum absolute atomic E-state index is 0.613. The molecule has 2 aliphatic rings. The number of anilines is 1. The van der Waals surface area contributed by atoms with E-state index in [2.05, 4.69) is 29.6 Å². The Morgan fingerprint density at radius 3 is 3.00 bits per heavy atom. The molecule has 1 aromatic carbocycles. The zero-order chi connectivity index (χ0) is 11.1. The van der Waals surface area contributed by atoms with Crippen molar-refractivity contribution in [3.05, 3.63) is 40.9 Å². The van der Waals surface area contributed by atoms with Crippen molar-refractivity contribution < 1.29 is 0 Å². The second kappa shape index (κ2) is 3.81. The van der Waals surface area contributed by atoms with Gasteiger partial charge in [-0.15, -0.1) is 0 Å². The molecule has 1 aromatic rings. The van der Waals surface area contributed by atoms with Crippen molar-refractivity contribution >= 4 is 17.3 Å². The highest BCUT2D eigenvalue weighted by Crippen LogP contribution is 2.44. The molecular weight excluding hydrogens is 218 g/mol. The van der Waals surface area contributed by atoms with Gasteiger partial charge in [-0.2, -0.15) is 0 Å². The summed E-state index contributed by atoms with van der Waals surface area (Å²) in [6.07, 6.45) is 7.25. The predicted octanol–water partition coefficient (Wildman–Crippen LogP) is 4.02. The van der Waals surface area contributed by atoms with Crippen LogP contribution < -0.4 is 5.32 Å². The van der Waals surface area contributed by atoms with Gasteiger partial charge in [0.15, 0.2) is 0 Å². The van der Waals surface area contributed by atoms with E-state index in [-0.39, 0.29) is 0 Å². The molecule has 0 aromatic heterocycles. The van der Waals surface area contributed by atoms with E-state index in [0.717, 1.165) is 28.1 Å². The largest absolute Gasteiger partial charge is 0.382 e. The molecule has 1 N–H and O–H groups in total. The molecule has 3 atom stereocenters. The Bertz CT molecular complexity index is 438. The zero-order valence-electron chi connectivity index (χ0n) is 9.41. The number of nitrogens with one attached hydrogen (secondary N) is 1. The van der Waals surface area contributed by atoms with E-state index in [0.29, 0.717) is 6.04 Å². The van der Waals surface area contributed by atoms with Crippen molar-refractivity contribution in [3.63, 3.8) is 0 Å². The maximum Gasteiger partial charge on any atom is 0.0455 e. The lowest BCUT2D eigenvalue weighted by molar-refractivity contribution is 0.218. The Morgan fingerprint density at radius 2 is 2.25 bits per heavy atom. The van der Waals surface area contributed by atoms with Crippen molar-refractivity contribution in [2.24, 2.45) is 11.8 Å². The first-order chi connectivity index (χ1) is 7.74. The fraction of sp³-hybridized carbons (Fsp3) is 0.429. The first-order valence-electron chi connectivity index (χ1n) is 5.93. The van der Waals surface area contributed by atoms with E-state index in [1.165, 1.54) is 12.8 Å². The van der Waals surface area contributed by atoms with Crippen LogP contribution in [0.2, 0.25) is 5.02 Å². The molecule has 0 spiro atoms. The van der Waals surface area contributed by atoms with Gasteiger partial charge in [0.05, 0.1) is 0 Å². The van der Waals surface area contributed by atoms with Gasteiger partial charge in [-0.25, -0.2) is 0 Å². The molecule has 2 heteroatoms. The standard InChI is InChI=1S/C14H16ClN/c1-9-5-6-11(8-13(9)15)16-14-7-10-3-2-4-12(10)14/h2,4-6,8,10,12,14,16H,3,7H2,1H3. The summed E-state index contributed by atoms with van der Waals surface area (Å²) < 4.78 is 0. The number of halogens is 1. The fourth-order valence-electron chi connectivity index (χ4n) is 2.78. The molecule has 0 bridgehead atoms. The average Bonchev–Trinajstić information content (AvgIpc) is 2.61. The van der Waals surface area contributed by atoms with Crippen molar-refractivity contribution in [2.75, 3.05) is 5.32 Å². The van der Waals surface area contributed by atoms with E-state index >= 15 is 0 Å². The summed E-state index contributed by atoms with van der Waals surface area (Å²) in [7, 11) is 0. The van der Waals surface area contributed by atoms with Gasteiger partial charge >= 0.3 is 0 Å². The number of hydrogen-bond acceptors (Lipinski definition) is 1. The van der Waals surface area contributed by atoms with Gasteiger partial charge < -0.3 is 5.32 Å². The van der Waals surface area contributed by atoms with E-state index in [1.54, 1.807) is 0 Å². The maximum atomic E-state index is 6.12. The van der Waals surface area contributed by atoms with Gasteiger partial charge in [-0.1, -0.05) is 29.8 Å². The van der Waals surface area contributed by atoms with Gasteiger partial charge in [-0.05, 0) is 43.4 Å². The predicted molar refractivity (Wildman–Crippen MR) is 69.0 cm³/mol. The molecule has 0 heterocycles. The molecule has 1 saturated carbocycles. The molecule has 2 aliphatic carbocycles. The van der Waals surface area contributed by atoms with Crippen LogP contribution in [0, 0.1) is 18.8 Å². The highest BCUT2D eigenvalue weighted by atomic mass is 35.5. The Balaban J connectivity index is 1.70. The summed E-state index contributed by atoms with van der Waals surface area (Å²) in [6.45, 7) is 2.03. The topological polar surface area (TPSA) is 12.0 Å². The second-order valence-electron chi connectivity index (χ2n) is 4.95. The quantitative estimate of drug-likeness (QED) is 0.761. The normalized spacial score (nSPS) is 31.0. The number of aryl methyl sites for hydroxylation is 1. The molecule has 84 valence electrons. The van der Waals surface area contributed by atoms with Crippen LogP contribution in [-0.2, 0) is 0 Å². The van der Waals surface area contributed by atoms with E-state index in [1.807, 2.05) is 13.0 Å². The van der Waals surface area contributed by atoms with Crippen LogP contribution in [0.3, 0.4) is 0 Å². The first kappa shape index (κ1) is 10.2. The van der Waals surface area contributed by atoms with Gasteiger partial charge in [0.25, 0.3) is 0 Å². The van der Waals surface area contributed by atoms with Crippen LogP contribution in [0.25, 0.3) is 0 Å². The van der Waals surface area contributed by atoms with Crippen molar-refractivity contribution in [1.82, 2.24) is 0 Å². The molecule has 1 fully saturated rings. The summed E-state index contributed by atoms with van der Waals surface area (Å²) in [6, 6.07) is 6.84. The third kappa shape index (κ3) is 1.63. The lowest BCUT2D eigenvalue weighted by Crippen LogP contribution is -2.43. The first-order valence-corrected chi connectivity index (χ1v) is 6.31. The van der Waals surface area contributed by atoms with Crippen molar-refractivity contribution in [3.8, 4) is 0 Å². The Kier molecular flexibility index (Phi) is 2.44. The number of hydrogen-bond donors (Lipinski definition) is 1. The third-order valence-corrected chi connectivity index (χ3v) is 4.29. The number of rotatable bonds is 2. The summed E-state index contributed by atoms with van der Waals surface area (Å²) in [5.74, 6) is 1.65. The molecule has 16 heavy (non-hydrogen) atoms. The van der Waals surface area contributed by atoms with Crippen LogP contribution in [0.15, 0.2) is 30.4 Å². The molecule has 0 aliphatic heterocycles. The summed E-state index contributed by atoms with van der Waals surface area (Å²) in [4.78, 5) is 0. The monoisotopic (exact) mass is 233 g/mol. The number of fused-ring (bicyclic) bond motifs is 1. The lowest BCUT2D eigenvalue weighted by Gasteiger charge is -2.41. The molecule has 0 saturated heterocycles. The minimum atomic E-state index is 0.613. The highest BCUT2D eigenvalue weighted by Gasteiger charge is 2.40. The Labute approximate surface area is 102 Å². The summed E-state index contributed by atoms with van der Waals surface area (Å²) in [5.41, 5.74) is 2.29. The third-order valence-electron chi connectivity index (χ3n) is 3.89. The SMILES string of the molecule is Cc1ccc(NC2CC3CC=CC32)cc1Cl. The molecule has 3 rings (SSSR count). The van der Waals surface area contributed by atoms with Gasteiger partial charge in [-0.3, -0.25) is 0 Å². The highest BCUT2D eigenvalue weighted by molar-refractivity contribution is 6.31. The number of allylic oxidation sites excluding steroid dienone is 1. The van der Waals surface area contributed by atoms with E-state index < -0.39 is 0 Å². The van der Waals surface area contributed by atoms with E-state index in [9.17, 15) is 0 Å². The van der Waals surface area contributed by atoms with Gasteiger partial charge in [0.1, 0.15) is 0 Å². The summed E-state index contributed by atoms with van der Waals surface area (Å²) >= 11 is 6.12. The van der Waals surface area contributed by atoms with Gasteiger partial charge in [0.2, 0.25) is 0 Å². The molecule has 0 radical (unpaired) electrons. The smallest absolute Gasteiger partial charge is 0.0455 e. The number of benzene rings is 1. The van der Waals surface area contributed by atoms with Crippen molar-refractivity contribution in [1.29, 1.82) is 0 Å². The van der Waals surface area contributed by atoms with Crippen LogP contribution in [0.5, 0.6) is 0 Å². The van der Waals surface area contributed by atoms with E-state index in [4.69, 9.17) is 11.6 Å². The fourth-order valence-corrected chi connectivity index (χ4v) is 2.96. The van der Waals surface area contributed by atoms with Crippen molar-refractivity contribution in [2.45, 2.75) is 25.8 Å². The molecule has 3 unspecified atom stereocenters. The summed E-state index contributed by atoms with van der Waals surface area (Å²) in [5, 5.41) is 4.43. The Hall–Kier alpha value is -0.950. The zero-order valence-corrected chi connectivity index (χ0v) is 10.2. The molecule has 0 amide bonds.